The Morgan fingerprint density at radius 2 is 1.78 bits per heavy atom. The van der Waals surface area contributed by atoms with Gasteiger partial charge in [-0.2, -0.15) is 0 Å². The molecule has 5 aromatic rings. The van der Waals surface area contributed by atoms with Crippen LogP contribution in [0.4, 0.5) is 21.5 Å². The molecule has 0 aliphatic carbocycles. The van der Waals surface area contributed by atoms with Gasteiger partial charge in [-0.15, -0.1) is 0 Å². The SMILES string of the molecule is C.COC(=O)c1ccc([C@@H](C)N)cc1.Nc1c(Nc2cc(CNC(=O)c3cc(C(=O)O)n4cncc4n3)ccc2F)c(=O)c1=O. The highest BCUT2D eigenvalue weighted by molar-refractivity contribution is 5.96. The molecule has 5 rings (SSSR count). The predicted molar refractivity (Wildman–Crippen MR) is 164 cm³/mol. The monoisotopic (exact) mass is 619 g/mol. The summed E-state index contributed by atoms with van der Waals surface area (Å²) in [6.07, 6.45) is 2.58. The molecule has 0 bridgehead atoms. The van der Waals surface area contributed by atoms with E-state index >= 15 is 0 Å². The molecule has 7 N–H and O–H groups in total. The molecular formula is C30H30FN7O7. The average Bonchev–Trinajstić information content (AvgIpc) is 3.51. The van der Waals surface area contributed by atoms with Gasteiger partial charge in [-0.1, -0.05) is 25.6 Å². The Kier molecular flexibility index (Phi) is 10.4. The maximum Gasteiger partial charge on any atom is 0.353 e. The molecule has 234 valence electrons. The smallest absolute Gasteiger partial charge is 0.353 e. The van der Waals surface area contributed by atoms with Gasteiger partial charge in [0.25, 0.3) is 16.8 Å². The van der Waals surface area contributed by atoms with Crippen LogP contribution in [-0.4, -0.2) is 44.4 Å². The van der Waals surface area contributed by atoms with E-state index < -0.39 is 28.6 Å². The number of hydrogen-bond acceptors (Lipinski definition) is 11. The van der Waals surface area contributed by atoms with E-state index in [1.807, 2.05) is 19.1 Å². The number of aromatic nitrogens is 3. The van der Waals surface area contributed by atoms with Gasteiger partial charge < -0.3 is 31.9 Å². The molecule has 3 aromatic carbocycles. The lowest BCUT2D eigenvalue weighted by atomic mass is 10.1. The molecule has 0 radical (unpaired) electrons. The highest BCUT2D eigenvalue weighted by atomic mass is 19.1. The second-order valence-corrected chi connectivity index (χ2v) is 9.42. The van der Waals surface area contributed by atoms with Gasteiger partial charge in [-0.3, -0.25) is 18.8 Å². The number of carbonyl (C=O) groups excluding carboxylic acids is 2. The third-order valence-corrected chi connectivity index (χ3v) is 6.39. The second-order valence-electron chi connectivity index (χ2n) is 9.42. The molecule has 15 heteroatoms. The number of rotatable bonds is 8. The number of nitrogens with one attached hydrogen (secondary N) is 2. The van der Waals surface area contributed by atoms with Crippen LogP contribution < -0.4 is 33.0 Å². The first kappa shape index (κ1) is 33.5. The third-order valence-electron chi connectivity index (χ3n) is 6.39. The van der Waals surface area contributed by atoms with Gasteiger partial charge >= 0.3 is 11.9 Å². The van der Waals surface area contributed by atoms with Crippen LogP contribution in [0.5, 0.6) is 0 Å². The van der Waals surface area contributed by atoms with Gasteiger partial charge in [0, 0.05) is 18.7 Å². The lowest BCUT2D eigenvalue weighted by Gasteiger charge is -2.12. The molecule has 0 fully saturated rings. The van der Waals surface area contributed by atoms with E-state index in [-0.39, 0.29) is 60.1 Å². The Bertz CT molecular complexity index is 1950. The van der Waals surface area contributed by atoms with Gasteiger partial charge in [0.15, 0.2) is 5.65 Å². The normalized spacial score (nSPS) is 11.1. The Morgan fingerprint density at radius 1 is 1.09 bits per heavy atom. The van der Waals surface area contributed by atoms with Crippen LogP contribution in [0.3, 0.4) is 0 Å². The van der Waals surface area contributed by atoms with Crippen LogP contribution in [0.25, 0.3) is 5.65 Å². The number of methoxy groups -OCH3 is 1. The topological polar surface area (TPSA) is 221 Å². The van der Waals surface area contributed by atoms with Crippen molar-refractivity contribution in [2.45, 2.75) is 26.9 Å². The first-order valence-corrected chi connectivity index (χ1v) is 12.8. The number of amides is 1. The number of benzene rings is 2. The maximum absolute atomic E-state index is 14.1. The summed E-state index contributed by atoms with van der Waals surface area (Å²) in [7, 11) is 1.36. The van der Waals surface area contributed by atoms with Crippen molar-refractivity contribution in [2.75, 3.05) is 18.2 Å². The van der Waals surface area contributed by atoms with E-state index in [1.165, 1.54) is 36.2 Å². The van der Waals surface area contributed by atoms with Crippen LogP contribution in [0.15, 0.2) is 70.6 Å². The number of fused-ring (bicyclic) bond motifs is 1. The highest BCUT2D eigenvalue weighted by Crippen LogP contribution is 2.22. The number of nitrogens with zero attached hydrogens (tertiary/aromatic N) is 3. The second kappa shape index (κ2) is 14.0. The predicted octanol–water partition coefficient (Wildman–Crippen LogP) is 2.55. The fourth-order valence-corrected chi connectivity index (χ4v) is 3.95. The number of hydrogen-bond donors (Lipinski definition) is 5. The number of aromatic carboxylic acids is 1. The zero-order valence-corrected chi connectivity index (χ0v) is 23.3. The average molecular weight is 620 g/mol. The Morgan fingerprint density at radius 3 is 2.38 bits per heavy atom. The van der Waals surface area contributed by atoms with Crippen molar-refractivity contribution in [3.8, 4) is 0 Å². The Labute approximate surface area is 255 Å². The number of nitrogen functional groups attached to an aromatic ring is 1. The molecule has 0 unspecified atom stereocenters. The van der Waals surface area contributed by atoms with E-state index in [0.717, 1.165) is 17.7 Å². The molecule has 0 saturated carbocycles. The largest absolute Gasteiger partial charge is 0.477 e. The lowest BCUT2D eigenvalue weighted by molar-refractivity contribution is 0.0599. The first-order chi connectivity index (χ1) is 20.9. The molecule has 2 aromatic heterocycles. The standard InChI is InChI=1S/C19H13FN6O5.C10H13NO2.CH4/c20-9-2-1-8(3-10(9)25-15-14(21)16(27)17(15)28)5-23-18(29)11-4-12(19(30)31)26-7-22-6-13(26)24-11;1-7(11)8-3-5-9(6-4-8)10(12)13-2;/h1-4,6-7,25H,5,21H2,(H,23,29)(H,30,31);3-7H,11H2,1-2H3;1H4/t;7-;/m.1./s1. The number of imidazole rings is 1. The fraction of sp³-hybridized carbons (Fsp3) is 0.167. The van der Waals surface area contributed by atoms with Gasteiger partial charge in [0.2, 0.25) is 0 Å². The van der Waals surface area contributed by atoms with Crippen LogP contribution in [0, 0.1) is 5.82 Å². The molecular weight excluding hydrogens is 589 g/mol. The van der Waals surface area contributed by atoms with Crippen molar-refractivity contribution in [3.63, 3.8) is 0 Å². The van der Waals surface area contributed by atoms with Crippen LogP contribution >= 0.6 is 0 Å². The van der Waals surface area contributed by atoms with Crippen molar-refractivity contribution < 1.29 is 28.6 Å². The summed E-state index contributed by atoms with van der Waals surface area (Å²) < 4.78 is 19.9. The molecule has 2 heterocycles. The number of carboxylic acids is 1. The molecule has 0 saturated heterocycles. The molecule has 1 amide bonds. The summed E-state index contributed by atoms with van der Waals surface area (Å²) in [6.45, 7) is 1.84. The fourth-order valence-electron chi connectivity index (χ4n) is 3.95. The Hall–Kier alpha value is -5.96. The summed E-state index contributed by atoms with van der Waals surface area (Å²) in [5.74, 6) is -2.93. The molecule has 14 nitrogen and oxygen atoms in total. The summed E-state index contributed by atoms with van der Waals surface area (Å²) in [6, 6.07) is 12.0. The number of nitrogens with two attached hydrogens (primary N) is 2. The number of carbonyl (C=O) groups is 3. The molecule has 1 atom stereocenters. The minimum Gasteiger partial charge on any atom is -0.477 e. The zero-order valence-electron chi connectivity index (χ0n) is 23.3. The van der Waals surface area contributed by atoms with E-state index in [4.69, 9.17) is 11.5 Å². The number of halogens is 1. The van der Waals surface area contributed by atoms with E-state index in [2.05, 4.69) is 25.3 Å². The minimum absolute atomic E-state index is 0. The van der Waals surface area contributed by atoms with Crippen molar-refractivity contribution in [1.29, 1.82) is 0 Å². The van der Waals surface area contributed by atoms with Crippen molar-refractivity contribution in [2.24, 2.45) is 5.73 Å². The first-order valence-electron chi connectivity index (χ1n) is 12.8. The number of carboxylic acid groups (broad SMARTS) is 1. The van der Waals surface area contributed by atoms with Gasteiger partial charge in [-0.05, 0) is 42.3 Å². The van der Waals surface area contributed by atoms with E-state index in [1.54, 1.807) is 12.1 Å². The maximum atomic E-state index is 14.1. The van der Waals surface area contributed by atoms with Crippen molar-refractivity contribution in [3.05, 3.63) is 115 Å². The number of ether oxygens (including phenoxy) is 1. The number of esters is 1. The molecule has 45 heavy (non-hydrogen) atoms. The van der Waals surface area contributed by atoms with Crippen molar-refractivity contribution in [1.82, 2.24) is 19.7 Å². The van der Waals surface area contributed by atoms with Gasteiger partial charge in [-0.25, -0.2) is 23.9 Å². The van der Waals surface area contributed by atoms with Crippen molar-refractivity contribution >= 4 is 40.6 Å². The molecule has 0 aliphatic rings. The highest BCUT2D eigenvalue weighted by Gasteiger charge is 2.20. The van der Waals surface area contributed by atoms with E-state index in [0.29, 0.717) is 11.1 Å². The summed E-state index contributed by atoms with van der Waals surface area (Å²) in [4.78, 5) is 65.5. The van der Waals surface area contributed by atoms with Crippen LogP contribution in [0.1, 0.15) is 62.9 Å². The zero-order chi connectivity index (χ0) is 32.1. The van der Waals surface area contributed by atoms with Gasteiger partial charge in [0.05, 0.1) is 24.6 Å². The van der Waals surface area contributed by atoms with E-state index in [9.17, 15) is 33.5 Å². The lowest BCUT2D eigenvalue weighted by Crippen LogP contribution is -2.36. The van der Waals surface area contributed by atoms with Gasteiger partial charge in [0.1, 0.15) is 34.9 Å². The third kappa shape index (κ3) is 7.34. The van der Waals surface area contributed by atoms with Crippen LogP contribution in [-0.2, 0) is 11.3 Å². The summed E-state index contributed by atoms with van der Waals surface area (Å²) in [5.41, 5.74) is 10.7. The molecule has 0 aliphatic heterocycles. The number of anilines is 3. The Balaban J connectivity index is 0.000000333. The quantitative estimate of drug-likeness (QED) is 0.125. The van der Waals surface area contributed by atoms with Crippen LogP contribution in [0.2, 0.25) is 0 Å². The summed E-state index contributed by atoms with van der Waals surface area (Å²) in [5, 5.41) is 14.4. The minimum atomic E-state index is -1.26. The molecule has 0 spiro atoms. The summed E-state index contributed by atoms with van der Waals surface area (Å²) >= 11 is 0.